The predicted molar refractivity (Wildman–Crippen MR) is 76.3 cm³/mol. The van der Waals surface area contributed by atoms with E-state index in [1.54, 1.807) is 12.1 Å². The highest BCUT2D eigenvalue weighted by Gasteiger charge is 2.14. The number of hydrogen-bond donors (Lipinski definition) is 1. The normalized spacial score (nSPS) is 14.5. The quantitative estimate of drug-likeness (QED) is 0.735. The van der Waals surface area contributed by atoms with Crippen molar-refractivity contribution in [1.82, 2.24) is 0 Å². The molecule has 0 spiro atoms. The molecule has 0 radical (unpaired) electrons. The Kier molecular flexibility index (Phi) is 6.66. The average molecular weight is 272 g/mol. The zero-order valence-corrected chi connectivity index (χ0v) is 12.0. The fourth-order valence-corrected chi connectivity index (χ4v) is 2.41. The molecule has 2 unspecified atom stereocenters. The monoisotopic (exact) mass is 271 g/mol. The highest BCUT2D eigenvalue weighted by Crippen LogP contribution is 2.27. The van der Waals surface area contributed by atoms with Gasteiger partial charge in [0.15, 0.2) is 0 Å². The third kappa shape index (κ3) is 4.58. The van der Waals surface area contributed by atoms with Gasteiger partial charge in [0.1, 0.15) is 5.82 Å². The van der Waals surface area contributed by atoms with Crippen LogP contribution in [0.3, 0.4) is 0 Å². The van der Waals surface area contributed by atoms with Crippen LogP contribution in [0.2, 0.25) is 5.02 Å². The van der Waals surface area contributed by atoms with Crippen molar-refractivity contribution in [3.05, 3.63) is 34.6 Å². The van der Waals surface area contributed by atoms with E-state index in [1.165, 1.54) is 25.3 Å². The molecule has 0 aromatic heterocycles. The second-order valence-electron chi connectivity index (χ2n) is 4.93. The zero-order valence-electron chi connectivity index (χ0n) is 11.3. The maximum Gasteiger partial charge on any atom is 0.141 e. The third-order valence-corrected chi connectivity index (χ3v) is 3.79. The van der Waals surface area contributed by atoms with E-state index in [2.05, 4.69) is 13.8 Å². The van der Waals surface area contributed by atoms with Crippen molar-refractivity contribution in [2.75, 3.05) is 0 Å². The molecule has 0 fully saturated rings. The van der Waals surface area contributed by atoms with E-state index in [-0.39, 0.29) is 16.9 Å². The first-order valence-corrected chi connectivity index (χ1v) is 7.16. The van der Waals surface area contributed by atoms with Crippen molar-refractivity contribution in [1.29, 1.82) is 0 Å². The third-order valence-electron chi connectivity index (χ3n) is 3.50. The molecule has 0 aliphatic carbocycles. The summed E-state index contributed by atoms with van der Waals surface area (Å²) in [6, 6.07) is 4.72. The lowest BCUT2D eigenvalue weighted by molar-refractivity contribution is 0.388. The smallest absolute Gasteiger partial charge is 0.141 e. The first kappa shape index (κ1) is 15.5. The Morgan fingerprint density at radius 3 is 2.61 bits per heavy atom. The minimum absolute atomic E-state index is 0.0510. The maximum atomic E-state index is 13.1. The number of nitrogens with two attached hydrogens (primary N) is 1. The Hall–Kier alpha value is -0.600. The van der Waals surface area contributed by atoms with Gasteiger partial charge in [0.2, 0.25) is 0 Å². The largest absolute Gasteiger partial charge is 0.324 e. The standard InChI is InChI=1S/C15H23ClFN/c1-3-5-6-11(4-2)9-15(18)12-7-8-14(17)13(16)10-12/h7-8,10-11,15H,3-6,9,18H2,1-2H3. The summed E-state index contributed by atoms with van der Waals surface area (Å²) in [6.45, 7) is 4.40. The van der Waals surface area contributed by atoms with Crippen molar-refractivity contribution in [3.8, 4) is 0 Å². The molecular formula is C15H23ClFN. The van der Waals surface area contributed by atoms with Gasteiger partial charge in [0, 0.05) is 6.04 Å². The summed E-state index contributed by atoms with van der Waals surface area (Å²) in [5, 5.41) is 0.157. The molecule has 0 amide bonds. The van der Waals surface area contributed by atoms with E-state index in [4.69, 9.17) is 17.3 Å². The van der Waals surface area contributed by atoms with Crippen LogP contribution in [0.4, 0.5) is 4.39 Å². The molecule has 2 N–H and O–H groups in total. The van der Waals surface area contributed by atoms with Gasteiger partial charge in [-0.05, 0) is 30.0 Å². The summed E-state index contributed by atoms with van der Waals surface area (Å²) in [5.41, 5.74) is 7.11. The van der Waals surface area contributed by atoms with Gasteiger partial charge in [-0.2, -0.15) is 0 Å². The summed E-state index contributed by atoms with van der Waals surface area (Å²) in [7, 11) is 0. The Bertz CT molecular complexity index is 368. The molecule has 3 heteroatoms. The predicted octanol–water partition coefficient (Wildman–Crippen LogP) is 5.09. The summed E-state index contributed by atoms with van der Waals surface area (Å²) in [5.74, 6) is 0.259. The van der Waals surface area contributed by atoms with Gasteiger partial charge < -0.3 is 5.73 Å². The minimum Gasteiger partial charge on any atom is -0.324 e. The van der Waals surface area contributed by atoms with Gasteiger partial charge >= 0.3 is 0 Å². The maximum absolute atomic E-state index is 13.1. The van der Waals surface area contributed by atoms with E-state index >= 15 is 0 Å². The Balaban J connectivity index is 2.62. The summed E-state index contributed by atoms with van der Waals surface area (Å²) in [6.07, 6.45) is 5.76. The van der Waals surface area contributed by atoms with Crippen LogP contribution in [0, 0.1) is 11.7 Å². The molecule has 1 aromatic rings. The van der Waals surface area contributed by atoms with Crippen LogP contribution in [-0.4, -0.2) is 0 Å². The molecule has 0 heterocycles. The molecule has 102 valence electrons. The summed E-state index contributed by atoms with van der Waals surface area (Å²) >= 11 is 5.78. The lowest BCUT2D eigenvalue weighted by atomic mass is 9.89. The van der Waals surface area contributed by atoms with Gasteiger partial charge in [-0.3, -0.25) is 0 Å². The van der Waals surface area contributed by atoms with Gasteiger partial charge in [-0.15, -0.1) is 0 Å². The molecule has 2 atom stereocenters. The zero-order chi connectivity index (χ0) is 13.5. The van der Waals surface area contributed by atoms with E-state index < -0.39 is 0 Å². The van der Waals surface area contributed by atoms with Crippen molar-refractivity contribution >= 4 is 11.6 Å². The van der Waals surface area contributed by atoms with Gasteiger partial charge in [0.05, 0.1) is 5.02 Å². The summed E-state index contributed by atoms with van der Waals surface area (Å²) in [4.78, 5) is 0. The first-order chi connectivity index (χ1) is 8.58. The molecule has 1 aromatic carbocycles. The molecule has 0 bridgehead atoms. The Morgan fingerprint density at radius 2 is 2.06 bits per heavy atom. The van der Waals surface area contributed by atoms with E-state index in [0.29, 0.717) is 5.92 Å². The van der Waals surface area contributed by atoms with Crippen molar-refractivity contribution in [3.63, 3.8) is 0 Å². The van der Waals surface area contributed by atoms with Gasteiger partial charge in [-0.25, -0.2) is 4.39 Å². The number of unbranched alkanes of at least 4 members (excludes halogenated alkanes) is 1. The minimum atomic E-state index is -0.384. The van der Waals surface area contributed by atoms with Crippen molar-refractivity contribution in [2.24, 2.45) is 11.7 Å². The number of hydrogen-bond acceptors (Lipinski definition) is 1. The fraction of sp³-hybridized carbons (Fsp3) is 0.600. The second-order valence-corrected chi connectivity index (χ2v) is 5.34. The average Bonchev–Trinajstić information content (AvgIpc) is 2.37. The van der Waals surface area contributed by atoms with Crippen molar-refractivity contribution in [2.45, 2.75) is 52.0 Å². The second kappa shape index (κ2) is 7.75. The van der Waals surface area contributed by atoms with Gasteiger partial charge in [-0.1, -0.05) is 57.2 Å². The molecule has 18 heavy (non-hydrogen) atoms. The summed E-state index contributed by atoms with van der Waals surface area (Å²) < 4.78 is 13.1. The number of benzene rings is 1. The first-order valence-electron chi connectivity index (χ1n) is 6.79. The van der Waals surface area contributed by atoms with Crippen LogP contribution in [-0.2, 0) is 0 Å². The van der Waals surface area contributed by atoms with Crippen LogP contribution in [0.15, 0.2) is 18.2 Å². The topological polar surface area (TPSA) is 26.0 Å². The van der Waals surface area contributed by atoms with Crippen LogP contribution in [0.25, 0.3) is 0 Å². The molecule has 0 saturated carbocycles. The molecule has 0 aliphatic rings. The van der Waals surface area contributed by atoms with Crippen LogP contribution < -0.4 is 5.73 Å². The van der Waals surface area contributed by atoms with Gasteiger partial charge in [0.25, 0.3) is 0 Å². The molecule has 0 saturated heterocycles. The van der Waals surface area contributed by atoms with E-state index in [1.807, 2.05) is 0 Å². The van der Waals surface area contributed by atoms with Crippen molar-refractivity contribution < 1.29 is 4.39 Å². The van der Waals surface area contributed by atoms with E-state index in [9.17, 15) is 4.39 Å². The van der Waals surface area contributed by atoms with E-state index in [0.717, 1.165) is 18.4 Å². The lowest BCUT2D eigenvalue weighted by Gasteiger charge is -2.20. The highest BCUT2D eigenvalue weighted by molar-refractivity contribution is 6.30. The highest BCUT2D eigenvalue weighted by atomic mass is 35.5. The molecule has 0 aliphatic heterocycles. The number of halogens is 2. The molecule has 1 nitrogen and oxygen atoms in total. The SMILES string of the molecule is CCCCC(CC)CC(N)c1ccc(F)c(Cl)c1. The Morgan fingerprint density at radius 1 is 1.33 bits per heavy atom. The Labute approximate surface area is 115 Å². The van der Waals surface area contributed by atoms with Crippen LogP contribution in [0.5, 0.6) is 0 Å². The lowest BCUT2D eigenvalue weighted by Crippen LogP contribution is -2.15. The molecule has 1 rings (SSSR count). The van der Waals surface area contributed by atoms with Crippen LogP contribution in [0.1, 0.15) is 57.6 Å². The number of rotatable bonds is 7. The molecular weight excluding hydrogens is 249 g/mol. The van der Waals surface area contributed by atoms with Crippen LogP contribution >= 0.6 is 11.6 Å². The fourth-order valence-electron chi connectivity index (χ4n) is 2.22.